The summed E-state index contributed by atoms with van der Waals surface area (Å²) in [6.07, 6.45) is -2.03. The molecule has 0 saturated heterocycles. The molecule has 1 amide bonds. The van der Waals surface area contributed by atoms with Gasteiger partial charge in [0.15, 0.2) is 0 Å². The molecule has 12 heteroatoms. The lowest BCUT2D eigenvalue weighted by Crippen LogP contribution is -2.40. The number of carbonyl (C=O) groups excluding carboxylic acids is 1. The van der Waals surface area contributed by atoms with E-state index < -0.39 is 28.9 Å². The van der Waals surface area contributed by atoms with Gasteiger partial charge in [-0.05, 0) is 79.7 Å². The van der Waals surface area contributed by atoms with Gasteiger partial charge in [-0.2, -0.15) is 18.2 Å². The van der Waals surface area contributed by atoms with Crippen molar-refractivity contribution in [3.05, 3.63) is 95.4 Å². The number of hydrogen-bond donors (Lipinski definition) is 4. The van der Waals surface area contributed by atoms with E-state index in [9.17, 15) is 22.4 Å². The summed E-state index contributed by atoms with van der Waals surface area (Å²) >= 11 is 1.57. The summed E-state index contributed by atoms with van der Waals surface area (Å²) in [6, 6.07) is 17.5. The minimum atomic E-state index is -4.65. The van der Waals surface area contributed by atoms with Crippen LogP contribution in [0.5, 0.6) is 0 Å². The molecule has 0 aliphatic carbocycles. The molecule has 224 valence electrons. The maximum absolute atomic E-state index is 14.5. The molecular weight excluding hydrogens is 580 g/mol. The molecule has 3 aromatic carbocycles. The van der Waals surface area contributed by atoms with Gasteiger partial charge in [0.1, 0.15) is 11.6 Å². The first-order valence-electron chi connectivity index (χ1n) is 13.6. The Balaban J connectivity index is 1.30. The van der Waals surface area contributed by atoms with Crippen LogP contribution in [-0.4, -0.2) is 29.0 Å². The van der Waals surface area contributed by atoms with Crippen molar-refractivity contribution in [2.75, 3.05) is 23.7 Å². The molecule has 1 aliphatic rings. The molecule has 0 fully saturated rings. The van der Waals surface area contributed by atoms with E-state index in [1.54, 1.807) is 18.1 Å². The maximum atomic E-state index is 14.5. The third-order valence-electron chi connectivity index (χ3n) is 7.07. The highest BCUT2D eigenvalue weighted by molar-refractivity contribution is 7.97. The zero-order valence-electron chi connectivity index (χ0n) is 23.5. The molecule has 0 spiro atoms. The molecule has 5 rings (SSSR count). The molecule has 1 aromatic heterocycles. The number of amides is 1. The predicted molar refractivity (Wildman–Crippen MR) is 160 cm³/mol. The summed E-state index contributed by atoms with van der Waals surface area (Å²) in [7, 11) is 0. The van der Waals surface area contributed by atoms with Gasteiger partial charge in [-0.15, -0.1) is 0 Å². The Morgan fingerprint density at radius 3 is 2.58 bits per heavy atom. The molecular formula is C31H30F4N6OS. The minimum Gasteiger partial charge on any atom is -0.369 e. The number of fused-ring (bicyclic) bond motifs is 4. The Kier molecular flexibility index (Phi) is 8.88. The normalized spacial score (nSPS) is 13.9. The van der Waals surface area contributed by atoms with Gasteiger partial charge in [0.25, 0.3) is 0 Å². The smallest absolute Gasteiger partial charge is 0.369 e. The topological polar surface area (TPSA) is 91.0 Å². The molecule has 43 heavy (non-hydrogen) atoms. The van der Waals surface area contributed by atoms with Crippen LogP contribution < -0.4 is 20.7 Å². The molecule has 7 nitrogen and oxygen atoms in total. The standard InChI is InChI=1S/C31H30F4N6OS/c1-30(2,25-15-21(31(33,34)35)11-12-26(25)32)28(42)37-17-19-7-9-20(10-8-19)24-18-38-29-40-22-5-3-6-23(16-22)43-39-14-4-13-36-27(24)41-29/h3,5-12,15-16,18,39H,4,13-14,17H2,1-2H3,(H,37,42)(H2,36,38,40,41). The van der Waals surface area contributed by atoms with Crippen LogP contribution in [0.15, 0.2) is 77.8 Å². The van der Waals surface area contributed by atoms with E-state index in [-0.39, 0.29) is 12.1 Å². The predicted octanol–water partition coefficient (Wildman–Crippen LogP) is 7.05. The number of aromatic nitrogens is 2. The quantitative estimate of drug-likeness (QED) is 0.142. The highest BCUT2D eigenvalue weighted by Gasteiger charge is 2.37. The first kappa shape index (κ1) is 30.3. The summed E-state index contributed by atoms with van der Waals surface area (Å²) in [5.41, 5.74) is 0.419. The van der Waals surface area contributed by atoms with Gasteiger partial charge in [-0.1, -0.05) is 30.3 Å². The molecule has 0 unspecified atom stereocenters. The molecule has 0 saturated carbocycles. The molecule has 4 aromatic rings. The van der Waals surface area contributed by atoms with Gasteiger partial charge in [-0.25, -0.2) is 9.37 Å². The lowest BCUT2D eigenvalue weighted by atomic mass is 9.82. The van der Waals surface area contributed by atoms with Crippen molar-refractivity contribution in [2.24, 2.45) is 0 Å². The summed E-state index contributed by atoms with van der Waals surface area (Å²) in [5, 5.41) is 9.38. The molecule has 4 bridgehead atoms. The Morgan fingerprint density at radius 1 is 1.02 bits per heavy atom. The van der Waals surface area contributed by atoms with E-state index in [0.717, 1.165) is 46.3 Å². The summed E-state index contributed by atoms with van der Waals surface area (Å²) in [4.78, 5) is 23.3. The first-order valence-corrected chi connectivity index (χ1v) is 14.4. The van der Waals surface area contributed by atoms with Crippen LogP contribution in [0.25, 0.3) is 11.1 Å². The highest BCUT2D eigenvalue weighted by Crippen LogP contribution is 2.35. The van der Waals surface area contributed by atoms with E-state index in [4.69, 9.17) is 4.98 Å². The molecule has 0 atom stereocenters. The van der Waals surface area contributed by atoms with Gasteiger partial charge in [0.2, 0.25) is 11.9 Å². The number of carbonyl (C=O) groups is 1. The Labute approximate surface area is 251 Å². The fourth-order valence-corrected chi connectivity index (χ4v) is 5.31. The van der Waals surface area contributed by atoms with Gasteiger partial charge in [0, 0.05) is 47.5 Å². The van der Waals surface area contributed by atoms with Crippen molar-refractivity contribution in [3.63, 3.8) is 0 Å². The van der Waals surface area contributed by atoms with Crippen LogP contribution >= 0.6 is 11.9 Å². The van der Waals surface area contributed by atoms with Crippen molar-refractivity contribution in [1.29, 1.82) is 0 Å². The van der Waals surface area contributed by atoms with Crippen LogP contribution in [0.4, 0.5) is 35.0 Å². The maximum Gasteiger partial charge on any atom is 0.416 e. The minimum absolute atomic E-state index is 0.109. The van der Waals surface area contributed by atoms with Crippen molar-refractivity contribution in [2.45, 2.75) is 43.3 Å². The lowest BCUT2D eigenvalue weighted by molar-refractivity contribution is -0.138. The second kappa shape index (κ2) is 12.6. The number of nitrogens with zero attached hydrogens (tertiary/aromatic N) is 2. The largest absolute Gasteiger partial charge is 0.416 e. The van der Waals surface area contributed by atoms with E-state index in [2.05, 4.69) is 25.7 Å². The number of rotatable bonds is 5. The van der Waals surface area contributed by atoms with Crippen molar-refractivity contribution in [3.8, 4) is 11.1 Å². The van der Waals surface area contributed by atoms with Crippen LogP contribution in [0.1, 0.15) is 37.0 Å². The van der Waals surface area contributed by atoms with E-state index in [1.165, 1.54) is 13.8 Å². The lowest BCUT2D eigenvalue weighted by Gasteiger charge is -2.25. The number of anilines is 3. The Morgan fingerprint density at radius 2 is 1.81 bits per heavy atom. The third kappa shape index (κ3) is 7.26. The van der Waals surface area contributed by atoms with Gasteiger partial charge in [0.05, 0.1) is 11.0 Å². The molecule has 2 heterocycles. The molecule has 1 aliphatic heterocycles. The fourth-order valence-electron chi connectivity index (χ4n) is 4.56. The van der Waals surface area contributed by atoms with E-state index in [0.29, 0.717) is 30.4 Å². The average molecular weight is 611 g/mol. The average Bonchev–Trinajstić information content (AvgIpc) is 2.98. The van der Waals surface area contributed by atoms with E-state index in [1.807, 2.05) is 48.5 Å². The van der Waals surface area contributed by atoms with Crippen LogP contribution in [0.2, 0.25) is 0 Å². The summed E-state index contributed by atoms with van der Waals surface area (Å²) in [6.45, 7) is 4.40. The third-order valence-corrected chi connectivity index (χ3v) is 7.91. The second-order valence-corrected chi connectivity index (χ2v) is 11.5. The number of hydrogen-bond acceptors (Lipinski definition) is 7. The van der Waals surface area contributed by atoms with Crippen molar-refractivity contribution < 1.29 is 22.4 Å². The molecule has 0 radical (unpaired) electrons. The van der Waals surface area contributed by atoms with E-state index >= 15 is 0 Å². The zero-order valence-corrected chi connectivity index (χ0v) is 24.3. The van der Waals surface area contributed by atoms with Crippen molar-refractivity contribution in [1.82, 2.24) is 20.0 Å². The van der Waals surface area contributed by atoms with Crippen LogP contribution in [0, 0.1) is 5.82 Å². The number of benzene rings is 3. The number of nitrogens with one attached hydrogen (secondary N) is 4. The number of halogens is 4. The Bertz CT molecular complexity index is 1610. The second-order valence-electron chi connectivity index (χ2n) is 10.6. The van der Waals surface area contributed by atoms with Gasteiger partial charge >= 0.3 is 6.18 Å². The summed E-state index contributed by atoms with van der Waals surface area (Å²) in [5.74, 6) is -0.340. The first-order chi connectivity index (χ1) is 20.5. The SMILES string of the molecule is CC(C)(C(=O)NCc1ccc(-c2cnc3nc2NCCCNSc2cccc(c2)N3)cc1)c1cc(C(F)(F)F)ccc1F. The van der Waals surface area contributed by atoms with Crippen LogP contribution in [-0.2, 0) is 22.9 Å². The number of alkyl halides is 3. The summed E-state index contributed by atoms with van der Waals surface area (Å²) < 4.78 is 57.5. The zero-order chi connectivity index (χ0) is 30.6. The van der Waals surface area contributed by atoms with Crippen LogP contribution in [0.3, 0.4) is 0 Å². The fraction of sp³-hybridized carbons (Fsp3) is 0.258. The monoisotopic (exact) mass is 610 g/mol. The van der Waals surface area contributed by atoms with Gasteiger partial charge < -0.3 is 16.0 Å². The van der Waals surface area contributed by atoms with Gasteiger partial charge in [-0.3, -0.25) is 9.52 Å². The molecule has 4 N–H and O–H groups in total. The highest BCUT2D eigenvalue weighted by atomic mass is 32.2. The van der Waals surface area contributed by atoms with Crippen molar-refractivity contribution >= 4 is 35.3 Å². The Hall–Kier alpha value is -4.16.